The Hall–Kier alpha value is -1.06. The summed E-state index contributed by atoms with van der Waals surface area (Å²) in [7, 11) is 0. The number of Topliss-reactive ketones (excluding diaryl/α,β-unsaturated/α-hetero) is 1. The maximum Gasteiger partial charge on any atom is 0.408 e. The molecule has 1 unspecified atom stereocenters. The Bertz CT molecular complexity index is 416. The molecule has 0 saturated heterocycles. The fourth-order valence-corrected chi connectivity index (χ4v) is 3.55. The second-order valence-electron chi connectivity index (χ2n) is 9.07. The van der Waals surface area contributed by atoms with E-state index >= 15 is 0 Å². The van der Waals surface area contributed by atoms with Gasteiger partial charge in [0.2, 0.25) is 0 Å². The van der Waals surface area contributed by atoms with Gasteiger partial charge < -0.3 is 10.1 Å². The van der Waals surface area contributed by atoms with E-state index in [1.807, 2.05) is 20.8 Å². The number of hydrogen-bond donors (Lipinski definition) is 1. The van der Waals surface area contributed by atoms with Crippen LogP contribution in [-0.4, -0.2) is 23.5 Å². The molecule has 22 heavy (non-hydrogen) atoms. The predicted octanol–water partition coefficient (Wildman–Crippen LogP) is 4.32. The van der Waals surface area contributed by atoms with E-state index in [0.717, 1.165) is 12.8 Å². The largest absolute Gasteiger partial charge is 0.444 e. The molecule has 0 radical (unpaired) electrons. The van der Waals surface area contributed by atoms with Crippen molar-refractivity contribution in [1.82, 2.24) is 5.32 Å². The van der Waals surface area contributed by atoms with Crippen molar-refractivity contribution in [2.75, 3.05) is 0 Å². The van der Waals surface area contributed by atoms with E-state index < -0.39 is 17.7 Å². The average Bonchev–Trinajstić information content (AvgIpc) is 2.49. The Balaban J connectivity index is 2.63. The zero-order valence-corrected chi connectivity index (χ0v) is 15.5. The highest BCUT2D eigenvalue weighted by Gasteiger charge is 2.47. The molecule has 0 bridgehead atoms. The molecule has 1 fully saturated rings. The lowest BCUT2D eigenvalue weighted by Gasteiger charge is -2.35. The van der Waals surface area contributed by atoms with Crippen molar-refractivity contribution in [2.24, 2.45) is 16.7 Å². The van der Waals surface area contributed by atoms with Gasteiger partial charge in [-0.2, -0.15) is 0 Å². The van der Waals surface area contributed by atoms with Crippen molar-refractivity contribution < 1.29 is 14.3 Å². The first-order valence-corrected chi connectivity index (χ1v) is 8.27. The third-order valence-electron chi connectivity index (χ3n) is 4.92. The zero-order chi connectivity index (χ0) is 17.3. The molecule has 0 aromatic rings. The number of rotatable bonds is 4. The summed E-state index contributed by atoms with van der Waals surface area (Å²) >= 11 is 0. The molecule has 4 nitrogen and oxygen atoms in total. The highest BCUT2D eigenvalue weighted by atomic mass is 16.6. The van der Waals surface area contributed by atoms with E-state index in [1.54, 1.807) is 6.92 Å². The SMILES string of the molecule is CC(NC(=O)OC(C)(C)C)C(=O)CC1C(C)(C)CCC1(C)C. The van der Waals surface area contributed by atoms with E-state index in [0.29, 0.717) is 12.3 Å². The molecule has 4 heteroatoms. The third-order valence-corrected chi connectivity index (χ3v) is 4.92. The van der Waals surface area contributed by atoms with Crippen LogP contribution in [0.1, 0.15) is 74.7 Å². The van der Waals surface area contributed by atoms with Crippen molar-refractivity contribution in [2.45, 2.75) is 86.3 Å². The maximum atomic E-state index is 12.5. The molecular weight excluding hydrogens is 278 g/mol. The Kier molecular flexibility index (Phi) is 5.36. The number of carbonyl (C=O) groups excluding carboxylic acids is 2. The predicted molar refractivity (Wildman–Crippen MR) is 88.7 cm³/mol. The van der Waals surface area contributed by atoms with Crippen LogP contribution in [0.25, 0.3) is 0 Å². The molecule has 1 saturated carbocycles. The fraction of sp³-hybridized carbons (Fsp3) is 0.889. The van der Waals surface area contributed by atoms with Crippen molar-refractivity contribution >= 4 is 11.9 Å². The van der Waals surface area contributed by atoms with Crippen LogP contribution in [0.15, 0.2) is 0 Å². The number of hydrogen-bond acceptors (Lipinski definition) is 3. The minimum absolute atomic E-state index is 0.0823. The summed E-state index contributed by atoms with van der Waals surface area (Å²) < 4.78 is 5.21. The van der Waals surface area contributed by atoms with Gasteiger partial charge in [-0.05, 0) is 57.3 Å². The second kappa shape index (κ2) is 6.21. The summed E-state index contributed by atoms with van der Waals surface area (Å²) in [4.78, 5) is 24.3. The normalized spacial score (nSPS) is 22.2. The highest BCUT2D eigenvalue weighted by molar-refractivity contribution is 5.87. The van der Waals surface area contributed by atoms with Crippen LogP contribution in [-0.2, 0) is 9.53 Å². The van der Waals surface area contributed by atoms with Crippen LogP contribution in [0, 0.1) is 16.7 Å². The highest BCUT2D eigenvalue weighted by Crippen LogP contribution is 2.55. The summed E-state index contributed by atoms with van der Waals surface area (Å²) in [5, 5.41) is 2.65. The lowest BCUT2D eigenvalue weighted by molar-refractivity contribution is -0.123. The first-order valence-electron chi connectivity index (χ1n) is 8.27. The quantitative estimate of drug-likeness (QED) is 0.841. The molecule has 1 atom stereocenters. The van der Waals surface area contributed by atoms with E-state index in [1.165, 1.54) is 0 Å². The van der Waals surface area contributed by atoms with Crippen LogP contribution in [0.3, 0.4) is 0 Å². The first-order chi connectivity index (χ1) is 9.74. The molecule has 1 N–H and O–H groups in total. The number of ketones is 1. The van der Waals surface area contributed by atoms with Crippen molar-refractivity contribution in [1.29, 1.82) is 0 Å². The molecule has 1 amide bonds. The van der Waals surface area contributed by atoms with Gasteiger partial charge in [0.15, 0.2) is 5.78 Å². The average molecular weight is 311 g/mol. The number of nitrogens with one attached hydrogen (secondary N) is 1. The number of alkyl carbamates (subject to hydrolysis) is 1. The van der Waals surface area contributed by atoms with Crippen LogP contribution < -0.4 is 5.32 Å². The maximum absolute atomic E-state index is 12.5. The van der Waals surface area contributed by atoms with Gasteiger partial charge in [0.25, 0.3) is 0 Å². The summed E-state index contributed by atoms with van der Waals surface area (Å²) in [6, 6.07) is -0.512. The van der Waals surface area contributed by atoms with Gasteiger partial charge >= 0.3 is 6.09 Å². The molecule has 0 spiro atoms. The lowest BCUT2D eigenvalue weighted by atomic mass is 9.69. The lowest BCUT2D eigenvalue weighted by Crippen LogP contribution is -2.43. The molecular formula is C18H33NO3. The molecule has 0 aromatic heterocycles. The minimum atomic E-state index is -0.553. The molecule has 1 aliphatic carbocycles. The molecule has 0 heterocycles. The molecule has 1 rings (SSSR count). The van der Waals surface area contributed by atoms with E-state index in [9.17, 15) is 9.59 Å². The van der Waals surface area contributed by atoms with Gasteiger partial charge in [-0.1, -0.05) is 27.7 Å². The number of carbonyl (C=O) groups is 2. The minimum Gasteiger partial charge on any atom is -0.444 e. The number of ether oxygens (including phenoxy) is 1. The van der Waals surface area contributed by atoms with Crippen molar-refractivity contribution in [3.8, 4) is 0 Å². The van der Waals surface area contributed by atoms with Crippen LogP contribution >= 0.6 is 0 Å². The molecule has 0 aromatic carbocycles. The Morgan fingerprint density at radius 2 is 1.59 bits per heavy atom. The van der Waals surface area contributed by atoms with Gasteiger partial charge in [-0.15, -0.1) is 0 Å². The summed E-state index contributed by atoms with van der Waals surface area (Å²) in [6.07, 6.45) is 2.27. The Labute approximate surface area is 135 Å². The van der Waals surface area contributed by atoms with E-state index in [-0.39, 0.29) is 16.6 Å². The first kappa shape index (κ1) is 19.0. The monoisotopic (exact) mass is 311 g/mol. The number of amides is 1. The third kappa shape index (κ3) is 4.99. The van der Waals surface area contributed by atoms with E-state index in [4.69, 9.17) is 4.74 Å². The topological polar surface area (TPSA) is 55.4 Å². The van der Waals surface area contributed by atoms with Gasteiger partial charge in [-0.25, -0.2) is 4.79 Å². The van der Waals surface area contributed by atoms with Gasteiger partial charge in [0.05, 0.1) is 6.04 Å². The zero-order valence-electron chi connectivity index (χ0n) is 15.5. The van der Waals surface area contributed by atoms with Crippen molar-refractivity contribution in [3.05, 3.63) is 0 Å². The van der Waals surface area contributed by atoms with Crippen LogP contribution in [0.5, 0.6) is 0 Å². The van der Waals surface area contributed by atoms with Crippen LogP contribution in [0.4, 0.5) is 4.79 Å². The Morgan fingerprint density at radius 3 is 2.00 bits per heavy atom. The molecule has 0 aliphatic heterocycles. The molecule has 128 valence electrons. The van der Waals surface area contributed by atoms with Gasteiger partial charge in [0, 0.05) is 6.42 Å². The van der Waals surface area contributed by atoms with Crippen LogP contribution in [0.2, 0.25) is 0 Å². The summed E-state index contributed by atoms with van der Waals surface area (Å²) in [5.74, 6) is 0.425. The van der Waals surface area contributed by atoms with Gasteiger partial charge in [-0.3, -0.25) is 4.79 Å². The fourth-order valence-electron chi connectivity index (χ4n) is 3.55. The van der Waals surface area contributed by atoms with E-state index in [2.05, 4.69) is 33.0 Å². The standard InChI is InChI=1S/C18H33NO3/c1-12(19-15(21)22-16(2,3)4)13(20)11-14-17(5,6)9-10-18(14,7)8/h12,14H,9-11H2,1-8H3,(H,19,21). The second-order valence-corrected chi connectivity index (χ2v) is 9.07. The van der Waals surface area contributed by atoms with Gasteiger partial charge in [0.1, 0.15) is 5.60 Å². The summed E-state index contributed by atoms with van der Waals surface area (Å²) in [6.45, 7) is 16.1. The van der Waals surface area contributed by atoms with Crippen molar-refractivity contribution in [3.63, 3.8) is 0 Å². The summed E-state index contributed by atoms with van der Waals surface area (Å²) in [5.41, 5.74) is -0.210. The smallest absolute Gasteiger partial charge is 0.408 e. The Morgan fingerprint density at radius 1 is 1.14 bits per heavy atom. The molecule has 1 aliphatic rings.